The summed E-state index contributed by atoms with van der Waals surface area (Å²) >= 11 is 0. The molecule has 0 aliphatic carbocycles. The van der Waals surface area contributed by atoms with Crippen molar-refractivity contribution in [2.45, 2.75) is 27.4 Å². The fraction of sp³-hybridized carbons (Fsp3) is 0.235. The molecule has 2 nitrogen and oxygen atoms in total. The molecule has 0 radical (unpaired) electrons. The van der Waals surface area contributed by atoms with Crippen LogP contribution in [-0.4, -0.2) is 12.4 Å². The van der Waals surface area contributed by atoms with E-state index in [9.17, 15) is 13.6 Å². The number of halogens is 2. The largest absolute Gasteiger partial charge is 0.434 e. The van der Waals surface area contributed by atoms with E-state index in [1.807, 2.05) is 32.9 Å². The maximum Gasteiger partial charge on any atom is 0.387 e. The number of hydrogen-bond donors (Lipinski definition) is 0. The Morgan fingerprint density at radius 3 is 2.19 bits per heavy atom. The van der Waals surface area contributed by atoms with Gasteiger partial charge in [-0.25, -0.2) is 0 Å². The molecule has 21 heavy (non-hydrogen) atoms. The van der Waals surface area contributed by atoms with Crippen LogP contribution in [-0.2, 0) is 0 Å². The smallest absolute Gasteiger partial charge is 0.387 e. The molecule has 2 rings (SSSR count). The van der Waals surface area contributed by atoms with Crippen molar-refractivity contribution >= 4 is 5.78 Å². The van der Waals surface area contributed by atoms with Gasteiger partial charge in [0.1, 0.15) is 5.75 Å². The van der Waals surface area contributed by atoms with Gasteiger partial charge in [-0.1, -0.05) is 29.8 Å². The van der Waals surface area contributed by atoms with Crippen LogP contribution in [0.4, 0.5) is 8.78 Å². The number of ether oxygens (including phenoxy) is 1. The van der Waals surface area contributed by atoms with Gasteiger partial charge in [-0.3, -0.25) is 4.79 Å². The highest BCUT2D eigenvalue weighted by Crippen LogP contribution is 2.26. The van der Waals surface area contributed by atoms with Crippen molar-refractivity contribution in [2.24, 2.45) is 0 Å². The minimum Gasteiger partial charge on any atom is -0.434 e. The van der Waals surface area contributed by atoms with E-state index in [0.717, 1.165) is 16.7 Å². The number of hydrogen-bond acceptors (Lipinski definition) is 2. The Kier molecular flexibility index (Phi) is 4.36. The predicted octanol–water partition coefficient (Wildman–Crippen LogP) is 4.44. The van der Waals surface area contributed by atoms with Crippen molar-refractivity contribution in [3.63, 3.8) is 0 Å². The van der Waals surface area contributed by atoms with Gasteiger partial charge in [-0.05, 0) is 44.0 Å². The van der Waals surface area contributed by atoms with Crippen molar-refractivity contribution in [2.75, 3.05) is 0 Å². The second-order valence-electron chi connectivity index (χ2n) is 4.98. The normalized spacial score (nSPS) is 10.8. The molecule has 0 amide bonds. The summed E-state index contributed by atoms with van der Waals surface area (Å²) in [6.45, 7) is 2.66. The van der Waals surface area contributed by atoms with E-state index < -0.39 is 6.61 Å². The minimum atomic E-state index is -2.96. The van der Waals surface area contributed by atoms with Crippen LogP contribution in [0.1, 0.15) is 32.6 Å². The molecule has 0 aromatic heterocycles. The maximum absolute atomic E-state index is 12.7. The highest BCUT2D eigenvalue weighted by molar-refractivity contribution is 6.12. The zero-order valence-corrected chi connectivity index (χ0v) is 12.1. The van der Waals surface area contributed by atoms with Gasteiger partial charge < -0.3 is 4.74 Å². The first kappa shape index (κ1) is 15.2. The minimum absolute atomic E-state index is 0.100. The fourth-order valence-electron chi connectivity index (χ4n) is 2.53. The first-order valence-corrected chi connectivity index (χ1v) is 6.56. The van der Waals surface area contributed by atoms with E-state index in [2.05, 4.69) is 4.74 Å². The highest BCUT2D eigenvalue weighted by atomic mass is 19.3. The lowest BCUT2D eigenvalue weighted by Crippen LogP contribution is -2.11. The van der Waals surface area contributed by atoms with E-state index in [1.54, 1.807) is 12.1 Å². The third-order valence-electron chi connectivity index (χ3n) is 3.25. The van der Waals surface area contributed by atoms with E-state index in [1.165, 1.54) is 12.1 Å². The lowest BCUT2D eigenvalue weighted by Gasteiger charge is -2.13. The first-order valence-electron chi connectivity index (χ1n) is 6.56. The number of rotatable bonds is 4. The second-order valence-corrected chi connectivity index (χ2v) is 4.98. The molecule has 110 valence electrons. The molecule has 0 aliphatic heterocycles. The van der Waals surface area contributed by atoms with Gasteiger partial charge in [0.2, 0.25) is 0 Å². The summed E-state index contributed by atoms with van der Waals surface area (Å²) in [7, 11) is 0. The van der Waals surface area contributed by atoms with Gasteiger partial charge >= 0.3 is 6.61 Å². The van der Waals surface area contributed by atoms with E-state index >= 15 is 0 Å². The summed E-state index contributed by atoms with van der Waals surface area (Å²) in [5.74, 6) is -0.405. The Labute approximate surface area is 122 Å². The Balaban J connectivity index is 2.51. The Hall–Kier alpha value is -2.23. The van der Waals surface area contributed by atoms with Gasteiger partial charge in [0.15, 0.2) is 5.78 Å². The molecule has 0 saturated heterocycles. The molecule has 2 aromatic carbocycles. The van der Waals surface area contributed by atoms with Gasteiger partial charge in [-0.15, -0.1) is 0 Å². The topological polar surface area (TPSA) is 26.3 Å². The number of aryl methyl sites for hydroxylation is 3. The van der Waals surface area contributed by atoms with Gasteiger partial charge in [0, 0.05) is 5.56 Å². The van der Waals surface area contributed by atoms with Gasteiger partial charge in [0.05, 0.1) is 5.56 Å². The maximum atomic E-state index is 12.7. The molecule has 0 unspecified atom stereocenters. The first-order chi connectivity index (χ1) is 9.90. The van der Waals surface area contributed by atoms with Crippen LogP contribution in [0.25, 0.3) is 0 Å². The molecule has 0 bridgehead atoms. The Bertz CT molecular complexity index is 655. The number of carbonyl (C=O) groups is 1. The monoisotopic (exact) mass is 290 g/mol. The zero-order valence-electron chi connectivity index (χ0n) is 12.1. The molecule has 0 atom stereocenters. The van der Waals surface area contributed by atoms with Crippen LogP contribution in [0.2, 0.25) is 0 Å². The quantitative estimate of drug-likeness (QED) is 0.778. The molecule has 4 heteroatoms. The molecule has 0 aliphatic rings. The highest BCUT2D eigenvalue weighted by Gasteiger charge is 2.20. The van der Waals surface area contributed by atoms with Crippen molar-refractivity contribution in [3.05, 3.63) is 64.2 Å². The number of alkyl halides is 2. The summed E-state index contributed by atoms with van der Waals surface area (Å²) in [6.07, 6.45) is 0. The van der Waals surface area contributed by atoms with Crippen LogP contribution >= 0.6 is 0 Å². The summed E-state index contributed by atoms with van der Waals surface area (Å²) in [5, 5.41) is 0. The lowest BCUT2D eigenvalue weighted by atomic mass is 9.93. The summed E-state index contributed by atoms with van der Waals surface area (Å²) in [6, 6.07) is 9.86. The number of benzene rings is 2. The van der Waals surface area contributed by atoms with E-state index in [4.69, 9.17) is 0 Å². The van der Waals surface area contributed by atoms with Crippen molar-refractivity contribution in [1.82, 2.24) is 0 Å². The SMILES string of the molecule is Cc1cc(C)c(C(=O)c2ccccc2OC(F)F)c(C)c1. The van der Waals surface area contributed by atoms with Crippen molar-refractivity contribution in [1.29, 1.82) is 0 Å². The van der Waals surface area contributed by atoms with E-state index in [0.29, 0.717) is 5.56 Å². The number of carbonyl (C=O) groups excluding carboxylic acids is 1. The molecule has 0 saturated carbocycles. The molecule has 2 aromatic rings. The summed E-state index contributed by atoms with van der Waals surface area (Å²) in [5.41, 5.74) is 3.38. The van der Waals surface area contributed by atoms with Crippen LogP contribution in [0.3, 0.4) is 0 Å². The van der Waals surface area contributed by atoms with Gasteiger partial charge in [-0.2, -0.15) is 8.78 Å². The molecular weight excluding hydrogens is 274 g/mol. The molecule has 0 heterocycles. The molecule has 0 fully saturated rings. The van der Waals surface area contributed by atoms with Crippen LogP contribution in [0.5, 0.6) is 5.75 Å². The van der Waals surface area contributed by atoms with E-state index in [-0.39, 0.29) is 17.1 Å². The average molecular weight is 290 g/mol. The summed E-state index contributed by atoms with van der Waals surface area (Å²) < 4.78 is 29.3. The molecule has 0 N–H and O–H groups in total. The third-order valence-corrected chi connectivity index (χ3v) is 3.25. The Morgan fingerprint density at radius 2 is 1.62 bits per heavy atom. The number of ketones is 1. The molecular formula is C17H16F2O2. The van der Waals surface area contributed by atoms with Crippen LogP contribution in [0, 0.1) is 20.8 Å². The fourth-order valence-corrected chi connectivity index (χ4v) is 2.53. The number of para-hydroxylation sites is 1. The standard InChI is InChI=1S/C17H16F2O2/c1-10-8-11(2)15(12(3)9-10)16(20)13-6-4-5-7-14(13)21-17(18)19/h4-9,17H,1-3H3. The third kappa shape index (κ3) is 3.27. The van der Waals surface area contributed by atoms with Crippen LogP contribution in [0.15, 0.2) is 36.4 Å². The van der Waals surface area contributed by atoms with Gasteiger partial charge in [0.25, 0.3) is 0 Å². The summed E-state index contributed by atoms with van der Waals surface area (Å²) in [4.78, 5) is 12.7. The molecule has 0 spiro atoms. The average Bonchev–Trinajstić information content (AvgIpc) is 2.37. The van der Waals surface area contributed by atoms with Crippen molar-refractivity contribution in [3.8, 4) is 5.75 Å². The van der Waals surface area contributed by atoms with Crippen LogP contribution < -0.4 is 4.74 Å². The lowest BCUT2D eigenvalue weighted by molar-refractivity contribution is -0.0501. The Morgan fingerprint density at radius 1 is 1.05 bits per heavy atom. The van der Waals surface area contributed by atoms with Crippen molar-refractivity contribution < 1.29 is 18.3 Å². The predicted molar refractivity (Wildman–Crippen MR) is 77.2 cm³/mol. The zero-order chi connectivity index (χ0) is 15.6. The second kappa shape index (κ2) is 6.04.